The van der Waals surface area contributed by atoms with Crippen LogP contribution in [0.1, 0.15) is 31.9 Å². The van der Waals surface area contributed by atoms with E-state index in [0.717, 1.165) is 5.56 Å². The number of hydrogen-bond acceptors (Lipinski definition) is 6. The molecule has 6 nitrogen and oxygen atoms in total. The third kappa shape index (κ3) is 3.46. The minimum absolute atomic E-state index is 0.0120. The van der Waals surface area contributed by atoms with Crippen molar-refractivity contribution in [3.8, 4) is 5.75 Å². The van der Waals surface area contributed by atoms with Gasteiger partial charge in [0.25, 0.3) is 0 Å². The van der Waals surface area contributed by atoms with Gasteiger partial charge in [0, 0.05) is 17.0 Å². The Bertz CT molecular complexity index is 663. The minimum atomic E-state index is -2.12. The van der Waals surface area contributed by atoms with E-state index in [2.05, 4.69) is 33.9 Å². The average Bonchev–Trinajstić information content (AvgIpc) is 2.56. The fourth-order valence-electron chi connectivity index (χ4n) is 2.90. The van der Waals surface area contributed by atoms with Gasteiger partial charge in [0.2, 0.25) is 8.32 Å². The van der Waals surface area contributed by atoms with E-state index in [1.54, 1.807) is 12.1 Å². The molecule has 0 unspecified atom stereocenters. The first-order chi connectivity index (χ1) is 12.0. The van der Waals surface area contributed by atoms with Crippen LogP contribution in [0.4, 0.5) is 0 Å². The molecule has 2 N–H and O–H groups in total. The molecular weight excluding hydrogens is 351 g/mol. The summed E-state index contributed by atoms with van der Waals surface area (Å²) in [5.41, 5.74) is 1.80. The van der Waals surface area contributed by atoms with Crippen molar-refractivity contribution in [2.24, 2.45) is 5.92 Å². The molecule has 0 spiro atoms. The zero-order chi connectivity index (χ0) is 19.3. The maximum Gasteiger partial charge on any atom is 0.488 e. The monoisotopic (exact) mass is 380 g/mol. The van der Waals surface area contributed by atoms with Crippen molar-refractivity contribution in [1.29, 1.82) is 0 Å². The van der Waals surface area contributed by atoms with E-state index >= 15 is 0 Å². The second kappa shape index (κ2) is 6.61. The van der Waals surface area contributed by atoms with Gasteiger partial charge < -0.3 is 28.7 Å². The second-order valence-electron chi connectivity index (χ2n) is 8.78. The molecule has 26 heavy (non-hydrogen) atoms. The Morgan fingerprint density at radius 3 is 2.12 bits per heavy atom. The molecule has 0 radical (unpaired) electrons. The molecule has 0 saturated carbocycles. The topological polar surface area (TPSA) is 77.4 Å². The summed E-state index contributed by atoms with van der Waals surface area (Å²) in [6.07, 6.45) is 0. The van der Waals surface area contributed by atoms with Crippen LogP contribution in [-0.4, -0.2) is 45.3 Å². The Morgan fingerprint density at radius 1 is 1.12 bits per heavy atom. The third-order valence-electron chi connectivity index (χ3n) is 5.71. The second-order valence-corrected chi connectivity index (χ2v) is 13.5. The molecule has 3 heterocycles. The molecule has 3 saturated heterocycles. The lowest BCUT2D eigenvalue weighted by molar-refractivity contribution is -0.460. The molecule has 1 aromatic carbocycles. The highest BCUT2D eigenvalue weighted by Crippen LogP contribution is 2.43. The molecule has 4 rings (SSSR count). The normalized spacial score (nSPS) is 26.1. The maximum atomic E-state index is 9.78. The van der Waals surface area contributed by atoms with E-state index in [4.69, 9.17) is 18.6 Å². The first kappa shape index (κ1) is 19.9. The highest BCUT2D eigenvalue weighted by molar-refractivity contribution is 6.74. The number of fused-ring (bicyclic) bond motifs is 3. The van der Waals surface area contributed by atoms with E-state index in [-0.39, 0.29) is 11.0 Å². The Kier molecular flexibility index (Phi) is 5.05. The summed E-state index contributed by atoms with van der Waals surface area (Å²) < 4.78 is 24.1. The molecule has 144 valence electrons. The van der Waals surface area contributed by atoms with Gasteiger partial charge in [-0.1, -0.05) is 26.8 Å². The molecular formula is C18H29BO6Si. The zero-order valence-corrected chi connectivity index (χ0v) is 17.5. The van der Waals surface area contributed by atoms with E-state index < -0.39 is 21.4 Å². The summed E-state index contributed by atoms with van der Waals surface area (Å²) in [6.45, 7) is 14.4. The van der Waals surface area contributed by atoms with Crippen LogP contribution >= 0.6 is 0 Å². The fraction of sp³-hybridized carbons (Fsp3) is 0.667. The van der Waals surface area contributed by atoms with Gasteiger partial charge in [-0.05, 0) is 36.6 Å². The molecule has 0 atom stereocenters. The number of rotatable bonds is 4. The lowest BCUT2D eigenvalue weighted by atomic mass is 9.78. The quantitative estimate of drug-likeness (QED) is 0.777. The summed E-state index contributed by atoms with van der Waals surface area (Å²) in [7, 11) is -3.74. The Balaban J connectivity index is 2.07. The standard InChI is InChI=1S/C18H29BO6Si/c1-12-15(18-22-9-13(10-23-18)11-24-18)7-14(19(20)21)8-16(12)25-26(5,6)17(2,3)4/h7-8,13,20-21H,9-11H2,1-6H3. The molecule has 3 aliphatic heterocycles. The van der Waals surface area contributed by atoms with Crippen molar-refractivity contribution < 1.29 is 28.7 Å². The first-order valence-corrected chi connectivity index (χ1v) is 12.0. The molecule has 0 aliphatic carbocycles. The third-order valence-corrected chi connectivity index (χ3v) is 10.1. The summed E-state index contributed by atoms with van der Waals surface area (Å²) in [4.78, 5) is 0. The first-order valence-electron chi connectivity index (χ1n) is 9.07. The highest BCUT2D eigenvalue weighted by Gasteiger charge is 2.48. The van der Waals surface area contributed by atoms with Crippen LogP contribution in [0.2, 0.25) is 18.1 Å². The van der Waals surface area contributed by atoms with E-state index in [1.165, 1.54) is 0 Å². The van der Waals surface area contributed by atoms with Crippen molar-refractivity contribution in [1.82, 2.24) is 0 Å². The predicted octanol–water partition coefficient (Wildman–Crippen LogP) is 1.86. The van der Waals surface area contributed by atoms with Crippen LogP contribution in [0, 0.1) is 12.8 Å². The molecule has 3 aliphatic rings. The van der Waals surface area contributed by atoms with Gasteiger partial charge in [0.05, 0.1) is 19.8 Å². The van der Waals surface area contributed by atoms with Gasteiger partial charge in [-0.2, -0.15) is 0 Å². The van der Waals surface area contributed by atoms with Crippen LogP contribution in [0.5, 0.6) is 5.75 Å². The molecule has 0 aromatic heterocycles. The maximum absolute atomic E-state index is 9.78. The largest absolute Gasteiger partial charge is 0.543 e. The Hall–Kier alpha value is -0.898. The van der Waals surface area contributed by atoms with E-state index in [0.29, 0.717) is 36.6 Å². The zero-order valence-electron chi connectivity index (χ0n) is 16.5. The summed E-state index contributed by atoms with van der Waals surface area (Å²) in [6, 6.07) is 3.36. The molecule has 1 aromatic rings. The van der Waals surface area contributed by atoms with Crippen molar-refractivity contribution in [3.05, 3.63) is 23.3 Å². The molecule has 8 heteroatoms. The summed E-state index contributed by atoms with van der Waals surface area (Å²) in [5, 5.41) is 19.6. The van der Waals surface area contributed by atoms with Gasteiger partial charge in [-0.3, -0.25) is 0 Å². The van der Waals surface area contributed by atoms with Crippen LogP contribution < -0.4 is 9.89 Å². The molecule has 3 fully saturated rings. The van der Waals surface area contributed by atoms with Crippen LogP contribution in [-0.2, 0) is 20.2 Å². The van der Waals surface area contributed by atoms with Gasteiger partial charge in [-0.25, -0.2) is 0 Å². The van der Waals surface area contributed by atoms with Crippen LogP contribution in [0.3, 0.4) is 0 Å². The van der Waals surface area contributed by atoms with Gasteiger partial charge in [0.15, 0.2) is 0 Å². The Morgan fingerprint density at radius 2 is 1.65 bits per heavy atom. The van der Waals surface area contributed by atoms with Crippen molar-refractivity contribution in [3.63, 3.8) is 0 Å². The fourth-order valence-corrected chi connectivity index (χ4v) is 3.96. The predicted molar refractivity (Wildman–Crippen MR) is 102 cm³/mol. The smallest absolute Gasteiger partial charge is 0.488 e. The van der Waals surface area contributed by atoms with Crippen molar-refractivity contribution in [2.45, 2.75) is 51.8 Å². The van der Waals surface area contributed by atoms with Gasteiger partial charge in [0.1, 0.15) is 5.75 Å². The number of ether oxygens (including phenoxy) is 3. The van der Waals surface area contributed by atoms with E-state index in [9.17, 15) is 10.0 Å². The number of benzene rings is 1. The SMILES string of the molecule is Cc1c(O[Si](C)(C)C(C)(C)C)cc(B(O)O)cc1C12OCC(CO1)CO2. The lowest BCUT2D eigenvalue weighted by Gasteiger charge is -2.46. The highest BCUT2D eigenvalue weighted by atomic mass is 28.4. The summed E-state index contributed by atoms with van der Waals surface area (Å²) in [5.74, 6) is -0.434. The van der Waals surface area contributed by atoms with Gasteiger partial charge >= 0.3 is 13.1 Å². The van der Waals surface area contributed by atoms with Gasteiger partial charge in [-0.15, -0.1) is 0 Å². The Labute approximate surface area is 156 Å². The lowest BCUT2D eigenvalue weighted by Crippen LogP contribution is -2.52. The van der Waals surface area contributed by atoms with E-state index in [1.807, 2.05) is 6.92 Å². The molecule has 2 bridgehead atoms. The van der Waals surface area contributed by atoms with Crippen molar-refractivity contribution >= 4 is 20.9 Å². The average molecular weight is 380 g/mol. The minimum Gasteiger partial charge on any atom is -0.543 e. The molecule has 0 amide bonds. The van der Waals surface area contributed by atoms with Crippen LogP contribution in [0.25, 0.3) is 0 Å². The van der Waals surface area contributed by atoms with Crippen LogP contribution in [0.15, 0.2) is 12.1 Å². The van der Waals surface area contributed by atoms with Crippen molar-refractivity contribution in [2.75, 3.05) is 19.8 Å². The number of hydrogen-bond donors (Lipinski definition) is 2. The summed E-state index contributed by atoms with van der Waals surface area (Å²) >= 11 is 0.